The summed E-state index contributed by atoms with van der Waals surface area (Å²) in [6.07, 6.45) is 1.62. The van der Waals surface area contributed by atoms with Crippen LogP contribution in [0.2, 0.25) is 0 Å². The first-order valence-electron chi connectivity index (χ1n) is 7.91. The average molecular weight is 309 g/mol. The summed E-state index contributed by atoms with van der Waals surface area (Å²) in [4.78, 5) is 26.3. The van der Waals surface area contributed by atoms with Crippen molar-refractivity contribution in [3.05, 3.63) is 71.8 Å². The molecule has 0 spiro atoms. The second-order valence-corrected chi connectivity index (χ2v) is 5.94. The van der Waals surface area contributed by atoms with Crippen LogP contribution >= 0.6 is 0 Å². The molecule has 23 heavy (non-hydrogen) atoms. The normalized spacial score (nSPS) is 11.7. The molecule has 0 heterocycles. The first kappa shape index (κ1) is 16.9. The molecule has 0 aliphatic heterocycles. The van der Waals surface area contributed by atoms with Gasteiger partial charge in [0.05, 0.1) is 0 Å². The largest absolute Gasteiger partial charge is 0.349 e. The minimum absolute atomic E-state index is 0.0592. The van der Waals surface area contributed by atoms with E-state index in [-0.39, 0.29) is 17.6 Å². The zero-order chi connectivity index (χ0) is 16.7. The van der Waals surface area contributed by atoms with Crippen LogP contribution in [0.5, 0.6) is 0 Å². The highest BCUT2D eigenvalue weighted by molar-refractivity contribution is 5.98. The fourth-order valence-electron chi connectivity index (χ4n) is 2.58. The molecule has 0 saturated carbocycles. The molecule has 0 saturated heterocycles. The van der Waals surface area contributed by atoms with E-state index < -0.39 is 0 Å². The quantitative estimate of drug-likeness (QED) is 0.733. The lowest BCUT2D eigenvalue weighted by Gasteiger charge is -2.17. The lowest BCUT2D eigenvalue weighted by Crippen LogP contribution is -2.24. The Morgan fingerprint density at radius 3 is 2.04 bits per heavy atom. The third-order valence-corrected chi connectivity index (χ3v) is 3.96. The molecular formula is C20H23NO2. The smallest absolute Gasteiger partial charge is 0.222 e. The van der Waals surface area contributed by atoms with E-state index in [1.807, 2.05) is 60.7 Å². The molecule has 1 amide bonds. The molecular weight excluding hydrogens is 286 g/mol. The van der Waals surface area contributed by atoms with Crippen LogP contribution in [0, 0.1) is 5.92 Å². The van der Waals surface area contributed by atoms with Gasteiger partial charge in [-0.1, -0.05) is 60.7 Å². The molecule has 0 aliphatic carbocycles. The van der Waals surface area contributed by atoms with E-state index in [0.29, 0.717) is 24.8 Å². The van der Waals surface area contributed by atoms with Gasteiger partial charge in [0.1, 0.15) is 0 Å². The lowest BCUT2D eigenvalue weighted by atomic mass is 9.87. The third kappa shape index (κ3) is 5.06. The maximum Gasteiger partial charge on any atom is 0.222 e. The van der Waals surface area contributed by atoms with E-state index in [1.165, 1.54) is 0 Å². The SMILES string of the molecule is CN(C)C(=O)CC[C@@H](Cc1ccccc1)C(=O)c1ccccc1. The van der Waals surface area contributed by atoms with Crippen molar-refractivity contribution in [2.75, 3.05) is 14.1 Å². The Morgan fingerprint density at radius 2 is 1.48 bits per heavy atom. The van der Waals surface area contributed by atoms with Crippen molar-refractivity contribution in [3.8, 4) is 0 Å². The van der Waals surface area contributed by atoms with Crippen LogP contribution in [-0.2, 0) is 11.2 Å². The molecule has 0 N–H and O–H groups in total. The molecule has 120 valence electrons. The maximum absolute atomic E-state index is 12.8. The minimum Gasteiger partial charge on any atom is -0.349 e. The van der Waals surface area contributed by atoms with Crippen molar-refractivity contribution in [2.24, 2.45) is 5.92 Å². The second kappa shape index (κ2) is 8.28. The van der Waals surface area contributed by atoms with Crippen LogP contribution in [0.4, 0.5) is 0 Å². The number of amides is 1. The summed E-state index contributed by atoms with van der Waals surface area (Å²) in [6, 6.07) is 19.3. The summed E-state index contributed by atoms with van der Waals surface area (Å²) >= 11 is 0. The van der Waals surface area contributed by atoms with Gasteiger partial charge in [0, 0.05) is 32.0 Å². The number of hydrogen-bond acceptors (Lipinski definition) is 2. The fraction of sp³-hybridized carbons (Fsp3) is 0.300. The predicted molar refractivity (Wildman–Crippen MR) is 92.3 cm³/mol. The predicted octanol–water partition coefficient (Wildman–Crippen LogP) is 3.60. The first-order chi connectivity index (χ1) is 11.1. The monoisotopic (exact) mass is 309 g/mol. The van der Waals surface area contributed by atoms with Crippen molar-refractivity contribution in [2.45, 2.75) is 19.3 Å². The Kier molecular flexibility index (Phi) is 6.10. The van der Waals surface area contributed by atoms with Gasteiger partial charge in [0.2, 0.25) is 5.91 Å². The molecule has 2 aromatic carbocycles. The Bertz CT molecular complexity index is 635. The molecule has 2 aromatic rings. The van der Waals surface area contributed by atoms with Crippen LogP contribution in [0.15, 0.2) is 60.7 Å². The fourth-order valence-corrected chi connectivity index (χ4v) is 2.58. The van der Waals surface area contributed by atoms with Crippen molar-refractivity contribution >= 4 is 11.7 Å². The van der Waals surface area contributed by atoms with Crippen LogP contribution < -0.4 is 0 Å². The van der Waals surface area contributed by atoms with E-state index in [1.54, 1.807) is 19.0 Å². The topological polar surface area (TPSA) is 37.4 Å². The van der Waals surface area contributed by atoms with Gasteiger partial charge in [-0.25, -0.2) is 0 Å². The number of benzene rings is 2. The second-order valence-electron chi connectivity index (χ2n) is 5.94. The highest BCUT2D eigenvalue weighted by Gasteiger charge is 2.21. The van der Waals surface area contributed by atoms with Crippen molar-refractivity contribution in [1.29, 1.82) is 0 Å². The first-order valence-corrected chi connectivity index (χ1v) is 7.91. The van der Waals surface area contributed by atoms with E-state index in [2.05, 4.69) is 0 Å². The van der Waals surface area contributed by atoms with Gasteiger partial charge in [-0.05, 0) is 18.4 Å². The number of hydrogen-bond donors (Lipinski definition) is 0. The molecule has 0 aliphatic rings. The van der Waals surface area contributed by atoms with Crippen molar-refractivity contribution in [3.63, 3.8) is 0 Å². The summed E-state index contributed by atoms with van der Waals surface area (Å²) in [5.41, 5.74) is 1.84. The number of nitrogens with zero attached hydrogens (tertiary/aromatic N) is 1. The molecule has 3 heteroatoms. The van der Waals surface area contributed by atoms with Crippen LogP contribution in [0.3, 0.4) is 0 Å². The summed E-state index contributed by atoms with van der Waals surface area (Å²) < 4.78 is 0. The number of carbonyl (C=O) groups excluding carboxylic acids is 2. The Balaban J connectivity index is 2.13. The van der Waals surface area contributed by atoms with E-state index in [0.717, 1.165) is 5.56 Å². The standard InChI is InChI=1S/C20H23NO2/c1-21(2)19(22)14-13-18(15-16-9-5-3-6-10-16)20(23)17-11-7-4-8-12-17/h3-12,18H,13-15H2,1-2H3/t18-/m0/s1. The van der Waals surface area contributed by atoms with Crippen molar-refractivity contribution in [1.82, 2.24) is 4.90 Å². The lowest BCUT2D eigenvalue weighted by molar-refractivity contribution is -0.128. The van der Waals surface area contributed by atoms with E-state index in [9.17, 15) is 9.59 Å². The third-order valence-electron chi connectivity index (χ3n) is 3.96. The molecule has 0 aromatic heterocycles. The van der Waals surface area contributed by atoms with Gasteiger partial charge >= 0.3 is 0 Å². The Hall–Kier alpha value is -2.42. The molecule has 2 rings (SSSR count). The Morgan fingerprint density at radius 1 is 0.913 bits per heavy atom. The van der Waals surface area contributed by atoms with Crippen LogP contribution in [-0.4, -0.2) is 30.7 Å². The van der Waals surface area contributed by atoms with Crippen LogP contribution in [0.25, 0.3) is 0 Å². The highest BCUT2D eigenvalue weighted by atomic mass is 16.2. The number of rotatable bonds is 7. The molecule has 1 atom stereocenters. The number of Topliss-reactive ketones (excluding diaryl/α,β-unsaturated/α-hetero) is 1. The van der Waals surface area contributed by atoms with Gasteiger partial charge in [-0.2, -0.15) is 0 Å². The molecule has 0 fully saturated rings. The number of ketones is 1. The van der Waals surface area contributed by atoms with E-state index in [4.69, 9.17) is 0 Å². The average Bonchev–Trinajstić information content (AvgIpc) is 2.59. The molecule has 3 nitrogen and oxygen atoms in total. The zero-order valence-electron chi connectivity index (χ0n) is 13.7. The molecule has 0 bridgehead atoms. The maximum atomic E-state index is 12.8. The number of carbonyl (C=O) groups is 2. The molecule has 0 radical (unpaired) electrons. The highest BCUT2D eigenvalue weighted by Crippen LogP contribution is 2.20. The summed E-state index contributed by atoms with van der Waals surface area (Å²) in [6.45, 7) is 0. The molecule has 0 unspecified atom stereocenters. The van der Waals surface area contributed by atoms with Gasteiger partial charge in [0.15, 0.2) is 5.78 Å². The van der Waals surface area contributed by atoms with Gasteiger partial charge < -0.3 is 4.90 Å². The van der Waals surface area contributed by atoms with Gasteiger partial charge in [-0.15, -0.1) is 0 Å². The minimum atomic E-state index is -0.177. The summed E-state index contributed by atoms with van der Waals surface area (Å²) in [5.74, 6) is -0.00590. The van der Waals surface area contributed by atoms with Gasteiger partial charge in [0.25, 0.3) is 0 Å². The summed E-state index contributed by atoms with van der Waals surface area (Å²) in [5, 5.41) is 0. The summed E-state index contributed by atoms with van der Waals surface area (Å²) in [7, 11) is 3.49. The zero-order valence-corrected chi connectivity index (χ0v) is 13.7. The van der Waals surface area contributed by atoms with Crippen molar-refractivity contribution < 1.29 is 9.59 Å². The van der Waals surface area contributed by atoms with Crippen LogP contribution in [0.1, 0.15) is 28.8 Å². The van der Waals surface area contributed by atoms with Gasteiger partial charge in [-0.3, -0.25) is 9.59 Å². The van der Waals surface area contributed by atoms with E-state index >= 15 is 0 Å². The Labute approximate surface area is 137 Å².